The van der Waals surface area contributed by atoms with Crippen LogP contribution in [-0.2, 0) is 7.05 Å². The van der Waals surface area contributed by atoms with Gasteiger partial charge in [-0.15, -0.1) is 0 Å². The van der Waals surface area contributed by atoms with Gasteiger partial charge < -0.3 is 5.32 Å². The molecule has 0 bridgehead atoms. The average Bonchev–Trinajstić information content (AvgIpc) is 2.97. The zero-order chi connectivity index (χ0) is 21.3. The van der Waals surface area contributed by atoms with Crippen LogP contribution in [0.4, 0.5) is 0 Å². The van der Waals surface area contributed by atoms with Crippen LogP contribution in [0.3, 0.4) is 0 Å². The SMILES string of the molecule is CCCCCCCCCCCCCCCCCCNC(=O)c1nn(C)c(C)c1Br. The van der Waals surface area contributed by atoms with Gasteiger partial charge in [0, 0.05) is 13.6 Å². The molecule has 1 heterocycles. The Balaban J connectivity index is 1.84. The van der Waals surface area contributed by atoms with Gasteiger partial charge in [-0.3, -0.25) is 9.48 Å². The summed E-state index contributed by atoms with van der Waals surface area (Å²) in [5.41, 5.74) is 1.46. The van der Waals surface area contributed by atoms with Crippen molar-refractivity contribution in [1.29, 1.82) is 0 Å². The Morgan fingerprint density at radius 1 is 0.828 bits per heavy atom. The van der Waals surface area contributed by atoms with Crippen molar-refractivity contribution in [2.75, 3.05) is 6.54 Å². The van der Waals surface area contributed by atoms with Crippen molar-refractivity contribution in [3.8, 4) is 0 Å². The molecule has 0 saturated heterocycles. The predicted octanol–water partition coefficient (Wildman–Crippen LogP) is 7.48. The summed E-state index contributed by atoms with van der Waals surface area (Å²) in [4.78, 5) is 12.2. The number of halogens is 1. The third kappa shape index (κ3) is 11.8. The number of carbonyl (C=O) groups excluding carboxylic acids is 1. The second-order valence-electron chi connectivity index (χ2n) is 8.43. The number of carbonyl (C=O) groups is 1. The van der Waals surface area contributed by atoms with Gasteiger partial charge in [0.15, 0.2) is 5.69 Å². The van der Waals surface area contributed by atoms with Gasteiger partial charge in [0.2, 0.25) is 0 Å². The smallest absolute Gasteiger partial charge is 0.272 e. The van der Waals surface area contributed by atoms with E-state index in [1.54, 1.807) is 4.68 Å². The van der Waals surface area contributed by atoms with E-state index in [1.165, 1.54) is 96.3 Å². The van der Waals surface area contributed by atoms with Crippen LogP contribution in [0.1, 0.15) is 126 Å². The molecule has 0 aliphatic heterocycles. The minimum absolute atomic E-state index is 0.0819. The molecule has 0 saturated carbocycles. The summed E-state index contributed by atoms with van der Waals surface area (Å²) in [5.74, 6) is -0.0819. The lowest BCUT2D eigenvalue weighted by Gasteiger charge is -2.05. The number of nitrogens with zero attached hydrogens (tertiary/aromatic N) is 2. The number of aromatic nitrogens is 2. The fourth-order valence-corrected chi connectivity index (χ4v) is 4.20. The summed E-state index contributed by atoms with van der Waals surface area (Å²) in [6.07, 6.45) is 21.8. The van der Waals surface area contributed by atoms with E-state index in [-0.39, 0.29) is 5.91 Å². The first-order chi connectivity index (χ1) is 14.1. The Hall–Kier alpha value is -0.840. The fourth-order valence-electron chi connectivity index (χ4n) is 3.69. The number of nitrogens with one attached hydrogen (secondary N) is 1. The molecule has 1 rings (SSSR count). The molecule has 5 heteroatoms. The summed E-state index contributed by atoms with van der Waals surface area (Å²) < 4.78 is 2.53. The van der Waals surface area contributed by atoms with Crippen LogP contribution >= 0.6 is 15.9 Å². The zero-order valence-corrected chi connectivity index (χ0v) is 20.8. The van der Waals surface area contributed by atoms with Gasteiger partial charge in [-0.05, 0) is 29.3 Å². The maximum Gasteiger partial charge on any atom is 0.272 e. The van der Waals surface area contributed by atoms with E-state index in [0.29, 0.717) is 5.69 Å². The number of hydrogen-bond donors (Lipinski definition) is 1. The number of amides is 1. The van der Waals surface area contributed by atoms with E-state index in [4.69, 9.17) is 0 Å². The second-order valence-corrected chi connectivity index (χ2v) is 9.22. The van der Waals surface area contributed by atoms with Crippen LogP contribution in [0.15, 0.2) is 4.47 Å². The van der Waals surface area contributed by atoms with Gasteiger partial charge >= 0.3 is 0 Å². The Labute approximate surface area is 187 Å². The van der Waals surface area contributed by atoms with E-state index in [1.807, 2.05) is 14.0 Å². The third-order valence-electron chi connectivity index (χ3n) is 5.79. The summed E-state index contributed by atoms with van der Waals surface area (Å²) in [7, 11) is 1.85. The standard InChI is InChI=1S/C24H44BrN3O/c1-4-5-6-7-8-9-10-11-12-13-14-15-16-17-18-19-20-26-24(29)23-22(25)21(2)28(3)27-23/h4-20H2,1-3H3,(H,26,29). The Bertz CT molecular complexity index is 557. The van der Waals surface area contributed by atoms with Crippen molar-refractivity contribution in [3.63, 3.8) is 0 Å². The number of aryl methyl sites for hydroxylation is 1. The largest absolute Gasteiger partial charge is 0.351 e. The van der Waals surface area contributed by atoms with E-state index < -0.39 is 0 Å². The molecule has 1 aromatic rings. The average molecular weight is 471 g/mol. The lowest BCUT2D eigenvalue weighted by Crippen LogP contribution is -2.25. The minimum atomic E-state index is -0.0819. The van der Waals surface area contributed by atoms with Crippen LogP contribution in [0, 0.1) is 6.92 Å². The topological polar surface area (TPSA) is 46.9 Å². The number of unbranched alkanes of at least 4 members (excludes halogenated alkanes) is 15. The van der Waals surface area contributed by atoms with Gasteiger partial charge in [-0.2, -0.15) is 5.10 Å². The monoisotopic (exact) mass is 469 g/mol. The first-order valence-corrected chi connectivity index (χ1v) is 12.8. The van der Waals surface area contributed by atoms with Gasteiger partial charge in [0.25, 0.3) is 5.91 Å². The molecule has 0 unspecified atom stereocenters. The molecule has 4 nitrogen and oxygen atoms in total. The second kappa shape index (κ2) is 16.9. The molecule has 0 spiro atoms. The maximum absolute atomic E-state index is 12.2. The van der Waals surface area contributed by atoms with Crippen LogP contribution in [-0.4, -0.2) is 22.2 Å². The highest BCUT2D eigenvalue weighted by molar-refractivity contribution is 9.10. The molecule has 168 valence electrons. The highest BCUT2D eigenvalue weighted by Gasteiger charge is 2.16. The molecule has 0 aliphatic carbocycles. The molecule has 29 heavy (non-hydrogen) atoms. The predicted molar refractivity (Wildman–Crippen MR) is 128 cm³/mol. The highest BCUT2D eigenvalue weighted by Crippen LogP contribution is 2.19. The molecular formula is C24H44BrN3O. The molecule has 0 radical (unpaired) electrons. The Kier molecular flexibility index (Phi) is 15.3. The highest BCUT2D eigenvalue weighted by atomic mass is 79.9. The summed E-state index contributed by atoms with van der Waals surface area (Å²) in [5, 5.41) is 7.25. The normalized spacial score (nSPS) is 11.2. The van der Waals surface area contributed by atoms with Gasteiger partial charge in [0.05, 0.1) is 10.2 Å². The molecule has 1 aromatic heterocycles. The molecule has 0 aliphatic rings. The Morgan fingerprint density at radius 3 is 1.62 bits per heavy atom. The van der Waals surface area contributed by atoms with Crippen LogP contribution in [0.25, 0.3) is 0 Å². The zero-order valence-electron chi connectivity index (χ0n) is 19.2. The molecule has 1 amide bonds. The van der Waals surface area contributed by atoms with Crippen LogP contribution < -0.4 is 5.32 Å². The van der Waals surface area contributed by atoms with E-state index >= 15 is 0 Å². The van der Waals surface area contributed by atoms with E-state index in [2.05, 4.69) is 33.3 Å². The summed E-state index contributed by atoms with van der Waals surface area (Å²) in [6.45, 7) is 4.97. The molecule has 1 N–H and O–H groups in total. The Morgan fingerprint density at radius 2 is 1.24 bits per heavy atom. The van der Waals surface area contributed by atoms with Gasteiger partial charge in [0.1, 0.15) is 0 Å². The van der Waals surface area contributed by atoms with Crippen LogP contribution in [0.5, 0.6) is 0 Å². The van der Waals surface area contributed by atoms with Crippen molar-refractivity contribution in [3.05, 3.63) is 15.9 Å². The number of rotatable bonds is 18. The quantitative estimate of drug-likeness (QED) is 0.226. The van der Waals surface area contributed by atoms with Crippen molar-refractivity contribution >= 4 is 21.8 Å². The summed E-state index contributed by atoms with van der Waals surface area (Å²) >= 11 is 3.45. The van der Waals surface area contributed by atoms with Gasteiger partial charge in [-0.1, -0.05) is 103 Å². The third-order valence-corrected chi connectivity index (χ3v) is 6.74. The molecular weight excluding hydrogens is 426 g/mol. The first kappa shape index (κ1) is 26.2. The molecule has 0 aromatic carbocycles. The lowest BCUT2D eigenvalue weighted by molar-refractivity contribution is 0.0946. The van der Waals surface area contributed by atoms with Crippen molar-refractivity contribution in [1.82, 2.24) is 15.1 Å². The van der Waals surface area contributed by atoms with Crippen LogP contribution in [0.2, 0.25) is 0 Å². The fraction of sp³-hybridized carbons (Fsp3) is 0.833. The van der Waals surface area contributed by atoms with Crippen molar-refractivity contribution in [2.45, 2.75) is 117 Å². The number of hydrogen-bond acceptors (Lipinski definition) is 2. The molecule has 0 atom stereocenters. The van der Waals surface area contributed by atoms with Crippen molar-refractivity contribution in [2.24, 2.45) is 7.05 Å². The van der Waals surface area contributed by atoms with E-state index in [0.717, 1.165) is 23.1 Å². The first-order valence-electron chi connectivity index (χ1n) is 12.0. The lowest BCUT2D eigenvalue weighted by atomic mass is 10.0. The van der Waals surface area contributed by atoms with E-state index in [9.17, 15) is 4.79 Å². The van der Waals surface area contributed by atoms with Crippen molar-refractivity contribution < 1.29 is 4.79 Å². The summed E-state index contributed by atoms with van der Waals surface area (Å²) in [6, 6.07) is 0. The maximum atomic E-state index is 12.2. The minimum Gasteiger partial charge on any atom is -0.351 e. The molecule has 0 fully saturated rings. The van der Waals surface area contributed by atoms with Gasteiger partial charge in [-0.25, -0.2) is 0 Å².